The summed E-state index contributed by atoms with van der Waals surface area (Å²) in [6.07, 6.45) is 4.83. The molecule has 4 aromatic carbocycles. The van der Waals surface area contributed by atoms with Crippen LogP contribution in [0.5, 0.6) is 0 Å². The van der Waals surface area contributed by atoms with E-state index in [-0.39, 0.29) is 18.1 Å². The number of hydrogen-bond acceptors (Lipinski definition) is 0. The Morgan fingerprint density at radius 1 is 0.543 bits per heavy atom. The van der Waals surface area contributed by atoms with E-state index in [2.05, 4.69) is 164 Å². The molecule has 4 heteroatoms. The molecule has 0 aliphatic heterocycles. The second-order valence-electron chi connectivity index (χ2n) is 16.3. The summed E-state index contributed by atoms with van der Waals surface area (Å²) in [5, 5.41) is 0. The molecule has 0 nitrogen and oxygen atoms in total. The summed E-state index contributed by atoms with van der Waals surface area (Å²) in [5.41, 5.74) is 16.0. The summed E-state index contributed by atoms with van der Waals surface area (Å²) in [5.74, 6) is 4.94. The minimum absolute atomic E-state index is 0.114. The minimum atomic E-state index is -4.67. The van der Waals surface area contributed by atoms with Crippen LogP contribution in [0, 0.1) is 0 Å². The number of rotatable bonds is 5. The predicted octanol–water partition coefficient (Wildman–Crippen LogP) is 13.2. The van der Waals surface area contributed by atoms with Gasteiger partial charge in [0.05, 0.1) is 0 Å². The Labute approximate surface area is 287 Å². The maximum absolute atomic E-state index is 8.50. The molecule has 2 aliphatic carbocycles. The van der Waals surface area contributed by atoms with Gasteiger partial charge in [-0.1, -0.05) is 0 Å². The van der Waals surface area contributed by atoms with Gasteiger partial charge in [-0.2, -0.15) is 0 Å². The zero-order valence-electron chi connectivity index (χ0n) is 29.2. The molecule has 6 rings (SSSR count). The standard InChI is InChI=1S/2C20H21.C2H7Ge.2ClH.Zr/c2*1-14-12-16-6-5-7-18(19(16)13-14)15-8-10-17(11-9-15)20(2,3)4;1-3-2;;;/h2*5-13H,1-4H3;3H,1-2H3;2*1H;/q;;;;;+2/p-2. The zero-order chi connectivity index (χ0) is 33.4. The first-order valence-corrected chi connectivity index (χ1v) is 39.4. The molecule has 0 spiro atoms. The van der Waals surface area contributed by atoms with Crippen molar-refractivity contribution in [2.24, 2.45) is 0 Å². The fourth-order valence-electron chi connectivity index (χ4n) is 8.20. The fourth-order valence-corrected chi connectivity index (χ4v) is 55.5. The van der Waals surface area contributed by atoms with Crippen molar-refractivity contribution < 1.29 is 13.9 Å². The first-order chi connectivity index (χ1) is 21.4. The van der Waals surface area contributed by atoms with Crippen LogP contribution in [0.3, 0.4) is 0 Å². The molecule has 2 unspecified atom stereocenters. The molecule has 46 heavy (non-hydrogen) atoms. The van der Waals surface area contributed by atoms with Crippen molar-refractivity contribution in [1.82, 2.24) is 0 Å². The van der Waals surface area contributed by atoms with Gasteiger partial charge in [0.25, 0.3) is 0 Å². The first kappa shape index (κ1) is 34.2. The first-order valence-electron chi connectivity index (χ1n) is 16.8. The Balaban J connectivity index is 1.47. The van der Waals surface area contributed by atoms with Gasteiger partial charge in [0.1, 0.15) is 0 Å². The zero-order valence-corrected chi connectivity index (χ0v) is 35.6. The van der Waals surface area contributed by atoms with Crippen molar-refractivity contribution in [3.05, 3.63) is 129 Å². The van der Waals surface area contributed by atoms with Crippen molar-refractivity contribution in [1.29, 1.82) is 0 Å². The Bertz CT molecular complexity index is 1750. The second-order valence-corrected chi connectivity index (χ2v) is 80.4. The Morgan fingerprint density at radius 3 is 1.20 bits per heavy atom. The van der Waals surface area contributed by atoms with Gasteiger partial charge in [-0.15, -0.1) is 0 Å². The molecular formula is C42H49Cl2GeZr. The molecule has 0 fully saturated rings. The van der Waals surface area contributed by atoms with Crippen molar-refractivity contribution in [3.8, 4) is 22.3 Å². The Kier molecular flexibility index (Phi) is 8.75. The Hall–Kier alpha value is -1.63. The number of halogens is 2. The molecule has 0 saturated heterocycles. The summed E-state index contributed by atoms with van der Waals surface area (Å²) in [6.45, 7) is 18.2. The van der Waals surface area contributed by atoms with Crippen LogP contribution in [0.15, 0.2) is 96.1 Å². The average Bonchev–Trinajstić information content (AvgIpc) is 3.52. The summed E-state index contributed by atoms with van der Waals surface area (Å²) >= 11 is -4.67. The van der Waals surface area contributed by atoms with Crippen LogP contribution in [0.2, 0.25) is 11.5 Å². The molecule has 0 radical (unpaired) electrons. The average molecular weight is 789 g/mol. The van der Waals surface area contributed by atoms with Gasteiger partial charge in [-0.25, -0.2) is 0 Å². The quantitative estimate of drug-likeness (QED) is 0.177. The van der Waals surface area contributed by atoms with Crippen LogP contribution >= 0.6 is 17.0 Å². The van der Waals surface area contributed by atoms with Crippen molar-refractivity contribution in [2.45, 2.75) is 85.0 Å². The van der Waals surface area contributed by atoms with E-state index < -0.39 is 24.4 Å². The monoisotopic (exact) mass is 787 g/mol. The van der Waals surface area contributed by atoms with E-state index in [9.17, 15) is 0 Å². The SMILES string of the molecule is CC1=Cc2c(-c3ccc(C(C)(C)C)cc3)cccc2[CH]1[Zr]([Cl])([Cl])([CH]1C(C)=Cc2c(-c3ccc(C(C)(C)C)cc3)cccc21)[GeH]([CH3])[CH3]. The van der Waals surface area contributed by atoms with Crippen molar-refractivity contribution >= 4 is 39.7 Å². The predicted molar refractivity (Wildman–Crippen MR) is 205 cm³/mol. The number of fused-ring (bicyclic) bond motifs is 2. The molecule has 4 aromatic rings. The van der Waals surface area contributed by atoms with Crippen LogP contribution < -0.4 is 0 Å². The third-order valence-corrected chi connectivity index (χ3v) is 93.2. The number of allylic oxidation sites excluding steroid dienone is 2. The van der Waals surface area contributed by atoms with Gasteiger partial charge in [-0.05, 0) is 0 Å². The molecule has 0 amide bonds. The summed E-state index contributed by atoms with van der Waals surface area (Å²) in [7, 11) is 14.8. The third-order valence-electron chi connectivity index (χ3n) is 10.9. The molecule has 2 aliphatic rings. The molecule has 239 valence electrons. The molecule has 0 saturated carbocycles. The summed E-state index contributed by atoms with van der Waals surface area (Å²) < 4.78 is 0.227. The van der Waals surface area contributed by atoms with E-state index >= 15 is 0 Å². The van der Waals surface area contributed by atoms with Gasteiger partial charge in [0.15, 0.2) is 0 Å². The number of hydrogen-bond donors (Lipinski definition) is 0. The molecular weight excluding hydrogens is 739 g/mol. The van der Waals surface area contributed by atoms with Gasteiger partial charge in [-0.3, -0.25) is 0 Å². The van der Waals surface area contributed by atoms with Gasteiger partial charge >= 0.3 is 290 Å². The summed E-state index contributed by atoms with van der Waals surface area (Å²) in [4.78, 5) is 0. The van der Waals surface area contributed by atoms with E-state index in [0.29, 0.717) is 0 Å². The second kappa shape index (κ2) is 11.8. The topological polar surface area (TPSA) is 0 Å². The van der Waals surface area contributed by atoms with E-state index in [4.69, 9.17) is 17.0 Å². The van der Waals surface area contributed by atoms with Gasteiger partial charge < -0.3 is 0 Å². The van der Waals surface area contributed by atoms with E-state index in [1.54, 1.807) is 0 Å². The van der Waals surface area contributed by atoms with Crippen molar-refractivity contribution in [2.75, 3.05) is 0 Å². The van der Waals surface area contributed by atoms with Crippen LogP contribution in [0.4, 0.5) is 0 Å². The molecule has 2 atom stereocenters. The van der Waals surface area contributed by atoms with Crippen LogP contribution in [-0.4, -0.2) is 10.6 Å². The van der Waals surface area contributed by atoms with Gasteiger partial charge in [0.2, 0.25) is 0 Å². The van der Waals surface area contributed by atoms with Crippen LogP contribution in [0.1, 0.15) is 96.0 Å². The normalized spacial score (nSPS) is 18.9. The maximum atomic E-state index is 8.50. The van der Waals surface area contributed by atoms with E-state index in [1.807, 2.05) is 0 Å². The molecule has 0 bridgehead atoms. The number of benzene rings is 4. The Morgan fingerprint density at radius 2 is 0.891 bits per heavy atom. The van der Waals surface area contributed by atoms with Crippen LogP contribution in [-0.2, 0) is 24.7 Å². The van der Waals surface area contributed by atoms with E-state index in [1.165, 1.54) is 66.8 Å². The fraction of sp³-hybridized carbons (Fsp3) is 0.333. The van der Waals surface area contributed by atoms with Crippen molar-refractivity contribution in [3.63, 3.8) is 0 Å². The van der Waals surface area contributed by atoms with E-state index in [0.717, 1.165) is 0 Å². The van der Waals surface area contributed by atoms with Crippen LogP contribution in [0.25, 0.3) is 34.4 Å². The molecule has 0 heterocycles. The molecule has 0 N–H and O–H groups in total. The van der Waals surface area contributed by atoms with Gasteiger partial charge in [0, 0.05) is 0 Å². The summed E-state index contributed by atoms with van der Waals surface area (Å²) in [6, 6.07) is 31.9. The third kappa shape index (κ3) is 5.54. The molecule has 0 aromatic heterocycles.